The quantitative estimate of drug-likeness (QED) is 0.494. The van der Waals surface area contributed by atoms with Crippen molar-refractivity contribution in [1.29, 1.82) is 0 Å². The Kier molecular flexibility index (Phi) is 5.20. The summed E-state index contributed by atoms with van der Waals surface area (Å²) < 4.78 is 17.8. The highest BCUT2D eigenvalue weighted by Gasteiger charge is 2.42. The van der Waals surface area contributed by atoms with E-state index in [1.807, 2.05) is 66.5 Å². The number of hydrazone groups is 1. The van der Waals surface area contributed by atoms with E-state index in [-0.39, 0.29) is 6.04 Å². The summed E-state index contributed by atoms with van der Waals surface area (Å²) in [5.41, 5.74) is 4.06. The van der Waals surface area contributed by atoms with Crippen molar-refractivity contribution in [3.05, 3.63) is 88.4 Å². The first-order valence-corrected chi connectivity index (χ1v) is 10.7. The molecule has 0 saturated heterocycles. The zero-order chi connectivity index (χ0) is 21.4. The number of fused-ring (bicyclic) bond motifs is 3. The van der Waals surface area contributed by atoms with E-state index >= 15 is 0 Å². The van der Waals surface area contributed by atoms with Crippen LogP contribution in [0.25, 0.3) is 0 Å². The van der Waals surface area contributed by atoms with Crippen LogP contribution < -0.4 is 14.2 Å². The first-order valence-electron chi connectivity index (χ1n) is 10.4. The second-order valence-electron chi connectivity index (χ2n) is 7.51. The SMILES string of the molecule is CCOc1cccc2c1OC(c1cccc(Cl)c1)N1N=C(c3cccc(OC)c3)CC21. The van der Waals surface area contributed by atoms with E-state index in [4.69, 9.17) is 30.9 Å². The van der Waals surface area contributed by atoms with Crippen molar-refractivity contribution in [2.75, 3.05) is 13.7 Å². The van der Waals surface area contributed by atoms with E-state index in [1.165, 1.54) is 0 Å². The van der Waals surface area contributed by atoms with Crippen LogP contribution in [-0.4, -0.2) is 24.4 Å². The molecular weight excluding hydrogens is 412 g/mol. The number of halogens is 1. The van der Waals surface area contributed by atoms with Crippen LogP contribution in [0.15, 0.2) is 71.8 Å². The Bertz CT molecular complexity index is 1150. The molecule has 3 aromatic rings. The highest BCUT2D eigenvalue weighted by atomic mass is 35.5. The highest BCUT2D eigenvalue weighted by molar-refractivity contribution is 6.30. The van der Waals surface area contributed by atoms with Gasteiger partial charge < -0.3 is 14.2 Å². The summed E-state index contributed by atoms with van der Waals surface area (Å²) in [6, 6.07) is 21.8. The molecule has 0 radical (unpaired) electrons. The van der Waals surface area contributed by atoms with Crippen molar-refractivity contribution in [3.63, 3.8) is 0 Å². The Hall–Kier alpha value is -3.18. The molecule has 2 heterocycles. The summed E-state index contributed by atoms with van der Waals surface area (Å²) in [6.07, 6.45) is 0.358. The van der Waals surface area contributed by atoms with Crippen LogP contribution in [0.1, 0.15) is 42.3 Å². The molecule has 31 heavy (non-hydrogen) atoms. The van der Waals surface area contributed by atoms with Gasteiger partial charge in [-0.25, -0.2) is 5.01 Å². The largest absolute Gasteiger partial charge is 0.497 e. The fourth-order valence-electron chi connectivity index (χ4n) is 4.21. The van der Waals surface area contributed by atoms with Crippen LogP contribution in [0.5, 0.6) is 17.2 Å². The Morgan fingerprint density at radius 1 is 1.10 bits per heavy atom. The fraction of sp³-hybridized carbons (Fsp3) is 0.240. The van der Waals surface area contributed by atoms with Gasteiger partial charge in [-0.3, -0.25) is 0 Å². The van der Waals surface area contributed by atoms with Gasteiger partial charge >= 0.3 is 0 Å². The third-order valence-corrected chi connectivity index (χ3v) is 5.85. The molecule has 0 spiro atoms. The van der Waals surface area contributed by atoms with Gasteiger partial charge in [0.2, 0.25) is 6.23 Å². The number of hydrogen-bond donors (Lipinski definition) is 0. The minimum absolute atomic E-state index is 0.0364. The summed E-state index contributed by atoms with van der Waals surface area (Å²) in [7, 11) is 1.67. The normalized spacial score (nSPS) is 19.2. The third-order valence-electron chi connectivity index (χ3n) is 5.62. The monoisotopic (exact) mass is 434 g/mol. The van der Waals surface area contributed by atoms with Gasteiger partial charge in [-0.05, 0) is 37.3 Å². The predicted octanol–water partition coefficient (Wildman–Crippen LogP) is 5.99. The number of rotatable bonds is 5. The Labute approximate surface area is 186 Å². The average Bonchev–Trinajstić information content (AvgIpc) is 3.25. The van der Waals surface area contributed by atoms with Gasteiger partial charge in [0.15, 0.2) is 11.5 Å². The predicted molar refractivity (Wildman–Crippen MR) is 121 cm³/mol. The lowest BCUT2D eigenvalue weighted by Gasteiger charge is -2.38. The lowest BCUT2D eigenvalue weighted by molar-refractivity contribution is -0.0212. The molecule has 2 atom stereocenters. The summed E-state index contributed by atoms with van der Waals surface area (Å²) in [5, 5.41) is 7.71. The maximum absolute atomic E-state index is 6.51. The van der Waals surface area contributed by atoms with Crippen molar-refractivity contribution in [3.8, 4) is 17.2 Å². The van der Waals surface area contributed by atoms with E-state index < -0.39 is 6.23 Å². The standard InChI is InChI=1S/C25H23ClN2O3/c1-3-30-23-12-6-11-20-22-15-21(16-7-5-10-19(14-16)29-2)27-28(22)25(31-24(20)23)17-8-4-9-18(26)13-17/h4-14,22,25H,3,15H2,1-2H3. The van der Waals surface area contributed by atoms with Crippen LogP contribution >= 0.6 is 11.6 Å². The van der Waals surface area contributed by atoms with E-state index in [1.54, 1.807) is 7.11 Å². The minimum Gasteiger partial charge on any atom is -0.497 e. The maximum Gasteiger partial charge on any atom is 0.214 e. The van der Waals surface area contributed by atoms with Crippen LogP contribution in [0.2, 0.25) is 5.02 Å². The van der Waals surface area contributed by atoms with Crippen molar-refractivity contribution < 1.29 is 14.2 Å². The molecule has 3 aromatic carbocycles. The minimum atomic E-state index is -0.402. The van der Waals surface area contributed by atoms with Gasteiger partial charge in [0.25, 0.3) is 0 Å². The molecule has 0 aromatic heterocycles. The van der Waals surface area contributed by atoms with Gasteiger partial charge in [0.1, 0.15) is 5.75 Å². The molecule has 2 unspecified atom stereocenters. The number of para-hydroxylation sites is 1. The second kappa shape index (κ2) is 8.16. The van der Waals surface area contributed by atoms with Crippen LogP contribution in [-0.2, 0) is 0 Å². The first-order chi connectivity index (χ1) is 15.2. The molecule has 6 heteroatoms. The van der Waals surface area contributed by atoms with Gasteiger partial charge in [-0.2, -0.15) is 5.10 Å². The number of benzene rings is 3. The van der Waals surface area contributed by atoms with Gasteiger partial charge in [0, 0.05) is 28.1 Å². The Morgan fingerprint density at radius 3 is 2.74 bits per heavy atom. The number of ether oxygens (including phenoxy) is 3. The zero-order valence-electron chi connectivity index (χ0n) is 17.4. The smallest absolute Gasteiger partial charge is 0.214 e. The van der Waals surface area contributed by atoms with Gasteiger partial charge in [0.05, 0.1) is 25.5 Å². The molecule has 0 N–H and O–H groups in total. The summed E-state index contributed by atoms with van der Waals surface area (Å²) in [4.78, 5) is 0. The van der Waals surface area contributed by atoms with Crippen molar-refractivity contribution >= 4 is 17.3 Å². The molecule has 0 aliphatic carbocycles. The number of hydrogen-bond acceptors (Lipinski definition) is 5. The molecule has 0 fully saturated rings. The van der Waals surface area contributed by atoms with Crippen LogP contribution in [0.4, 0.5) is 0 Å². The van der Waals surface area contributed by atoms with E-state index in [0.717, 1.165) is 46.1 Å². The highest BCUT2D eigenvalue weighted by Crippen LogP contribution is 2.50. The second-order valence-corrected chi connectivity index (χ2v) is 7.95. The Morgan fingerprint density at radius 2 is 1.94 bits per heavy atom. The molecule has 5 rings (SSSR count). The molecule has 158 valence electrons. The van der Waals surface area contributed by atoms with Crippen LogP contribution in [0.3, 0.4) is 0 Å². The molecule has 5 nitrogen and oxygen atoms in total. The molecule has 0 amide bonds. The first kappa shape index (κ1) is 19.8. The lowest BCUT2D eigenvalue weighted by Crippen LogP contribution is -2.33. The van der Waals surface area contributed by atoms with E-state index in [9.17, 15) is 0 Å². The van der Waals surface area contributed by atoms with E-state index in [0.29, 0.717) is 11.6 Å². The summed E-state index contributed by atoms with van der Waals surface area (Å²) >= 11 is 6.30. The topological polar surface area (TPSA) is 43.3 Å². The molecule has 2 aliphatic rings. The van der Waals surface area contributed by atoms with Gasteiger partial charge in [-0.15, -0.1) is 0 Å². The van der Waals surface area contributed by atoms with Crippen molar-refractivity contribution in [1.82, 2.24) is 5.01 Å². The molecular formula is C25H23ClN2O3. The van der Waals surface area contributed by atoms with Gasteiger partial charge in [-0.1, -0.05) is 48.0 Å². The van der Waals surface area contributed by atoms with Crippen molar-refractivity contribution in [2.45, 2.75) is 25.6 Å². The third kappa shape index (κ3) is 3.59. The fourth-order valence-corrected chi connectivity index (χ4v) is 4.41. The number of nitrogens with zero attached hydrogens (tertiary/aromatic N) is 2. The maximum atomic E-state index is 6.51. The molecule has 0 bridgehead atoms. The zero-order valence-corrected chi connectivity index (χ0v) is 18.2. The van der Waals surface area contributed by atoms with E-state index in [2.05, 4.69) is 12.1 Å². The Balaban J connectivity index is 1.61. The number of methoxy groups -OCH3 is 1. The lowest BCUT2D eigenvalue weighted by atomic mass is 9.95. The van der Waals surface area contributed by atoms with Crippen LogP contribution in [0, 0.1) is 0 Å². The van der Waals surface area contributed by atoms with Crippen molar-refractivity contribution in [2.24, 2.45) is 5.10 Å². The summed E-state index contributed by atoms with van der Waals surface area (Å²) in [5.74, 6) is 2.34. The summed E-state index contributed by atoms with van der Waals surface area (Å²) in [6.45, 7) is 2.55. The molecule has 0 saturated carbocycles. The average molecular weight is 435 g/mol. The molecule has 2 aliphatic heterocycles.